The number of rotatable bonds is 8. The average molecular weight is 468 g/mol. The molecule has 1 aliphatic rings. The Kier molecular flexibility index (Phi) is 7.95. The largest absolute Gasteiger partial charge is 0.482 e. The van der Waals surface area contributed by atoms with Crippen molar-refractivity contribution in [2.45, 2.75) is 26.2 Å². The summed E-state index contributed by atoms with van der Waals surface area (Å²) in [6.07, 6.45) is 2.16. The van der Waals surface area contributed by atoms with Crippen LogP contribution in [0.3, 0.4) is 0 Å². The van der Waals surface area contributed by atoms with Gasteiger partial charge >= 0.3 is 0 Å². The fourth-order valence-electron chi connectivity index (χ4n) is 3.24. The zero-order valence-electron chi connectivity index (χ0n) is 17.2. The summed E-state index contributed by atoms with van der Waals surface area (Å²) < 4.78 is 16.2. The van der Waals surface area contributed by atoms with Crippen molar-refractivity contribution in [3.8, 4) is 5.75 Å². The minimum atomic E-state index is -0.440. The number of benzene rings is 1. The number of nitrogens with one attached hydrogen (secondary N) is 2. The second kappa shape index (κ2) is 10.7. The molecule has 166 valence electrons. The van der Waals surface area contributed by atoms with Gasteiger partial charge in [-0.3, -0.25) is 9.59 Å². The van der Waals surface area contributed by atoms with Crippen molar-refractivity contribution in [3.63, 3.8) is 0 Å². The molecule has 0 radical (unpaired) electrons. The number of fused-ring (bicyclic) bond motifs is 1. The molecule has 0 bridgehead atoms. The highest BCUT2D eigenvalue weighted by Gasteiger charge is 2.28. The molecule has 0 saturated carbocycles. The van der Waals surface area contributed by atoms with E-state index in [0.29, 0.717) is 58.8 Å². The number of hydrogen-bond donors (Lipinski definition) is 2. The number of methoxy groups -OCH3 is 1. The Hall–Kier alpha value is -2.55. The third-order valence-corrected chi connectivity index (χ3v) is 5.22. The van der Waals surface area contributed by atoms with Gasteiger partial charge in [0.1, 0.15) is 11.5 Å². The monoisotopic (exact) mass is 467 g/mol. The summed E-state index contributed by atoms with van der Waals surface area (Å²) in [5.74, 6) is 0.550. The molecular weight excluding hydrogens is 445 g/mol. The second-order valence-corrected chi connectivity index (χ2v) is 7.76. The van der Waals surface area contributed by atoms with Crippen molar-refractivity contribution in [1.29, 1.82) is 0 Å². The number of halogens is 2. The summed E-state index contributed by atoms with van der Waals surface area (Å²) in [7, 11) is 1.56. The Labute approximate surface area is 189 Å². The van der Waals surface area contributed by atoms with E-state index in [1.165, 1.54) is 6.07 Å². The number of hydrazone groups is 1. The van der Waals surface area contributed by atoms with Gasteiger partial charge in [0, 0.05) is 36.2 Å². The van der Waals surface area contributed by atoms with Gasteiger partial charge in [-0.15, -0.1) is 0 Å². The Morgan fingerprint density at radius 3 is 2.81 bits per heavy atom. The van der Waals surface area contributed by atoms with Crippen molar-refractivity contribution < 1.29 is 23.5 Å². The minimum Gasteiger partial charge on any atom is -0.482 e. The fourth-order valence-corrected chi connectivity index (χ4v) is 3.70. The summed E-state index contributed by atoms with van der Waals surface area (Å²) >= 11 is 11.9. The van der Waals surface area contributed by atoms with Crippen molar-refractivity contribution in [3.05, 3.63) is 50.9 Å². The van der Waals surface area contributed by atoms with Crippen LogP contribution in [0.1, 0.15) is 40.3 Å². The Morgan fingerprint density at radius 1 is 1.26 bits per heavy atom. The second-order valence-electron chi connectivity index (χ2n) is 6.91. The summed E-state index contributed by atoms with van der Waals surface area (Å²) in [6, 6.07) is 4.74. The number of carbonyl (C=O) groups is 2. The molecule has 1 heterocycles. The Balaban J connectivity index is 1.66. The molecule has 2 aromatic rings. The zero-order chi connectivity index (χ0) is 22.4. The predicted molar refractivity (Wildman–Crippen MR) is 117 cm³/mol. The molecule has 10 heteroatoms. The molecule has 1 aliphatic carbocycles. The van der Waals surface area contributed by atoms with Crippen LogP contribution in [-0.4, -0.2) is 44.4 Å². The van der Waals surface area contributed by atoms with E-state index in [1.807, 2.05) is 6.92 Å². The highest BCUT2D eigenvalue weighted by atomic mass is 35.5. The lowest BCUT2D eigenvalue weighted by molar-refractivity contribution is -0.123. The van der Waals surface area contributed by atoms with E-state index >= 15 is 0 Å². The lowest BCUT2D eigenvalue weighted by atomic mass is 9.93. The van der Waals surface area contributed by atoms with Crippen LogP contribution in [0.2, 0.25) is 10.0 Å². The first-order valence-corrected chi connectivity index (χ1v) is 10.5. The van der Waals surface area contributed by atoms with Crippen molar-refractivity contribution in [2.75, 3.05) is 26.9 Å². The quantitative estimate of drug-likeness (QED) is 0.456. The van der Waals surface area contributed by atoms with Crippen LogP contribution in [0.4, 0.5) is 0 Å². The van der Waals surface area contributed by atoms with E-state index < -0.39 is 5.91 Å². The van der Waals surface area contributed by atoms with Gasteiger partial charge in [0.05, 0.1) is 17.3 Å². The molecule has 3 rings (SSSR count). The summed E-state index contributed by atoms with van der Waals surface area (Å²) in [4.78, 5) is 24.6. The number of nitrogens with zero attached hydrogens (tertiary/aromatic N) is 1. The van der Waals surface area contributed by atoms with Gasteiger partial charge in [-0.05, 0) is 38.0 Å². The third kappa shape index (κ3) is 5.78. The molecule has 0 atom stereocenters. The van der Waals surface area contributed by atoms with Gasteiger partial charge in [0.15, 0.2) is 12.4 Å². The number of amides is 2. The molecule has 0 spiro atoms. The van der Waals surface area contributed by atoms with Gasteiger partial charge in [-0.1, -0.05) is 23.2 Å². The molecule has 31 heavy (non-hydrogen) atoms. The number of furan rings is 1. The lowest BCUT2D eigenvalue weighted by Crippen LogP contribution is -2.27. The first-order chi connectivity index (χ1) is 14.9. The molecule has 1 aromatic heterocycles. The Bertz CT molecular complexity index is 1000. The van der Waals surface area contributed by atoms with E-state index in [9.17, 15) is 9.59 Å². The number of hydrogen-bond acceptors (Lipinski definition) is 6. The topological polar surface area (TPSA) is 102 Å². The van der Waals surface area contributed by atoms with Crippen LogP contribution >= 0.6 is 23.2 Å². The van der Waals surface area contributed by atoms with E-state index in [4.69, 9.17) is 37.1 Å². The van der Waals surface area contributed by atoms with Crippen LogP contribution in [0.15, 0.2) is 27.7 Å². The molecule has 0 fully saturated rings. The van der Waals surface area contributed by atoms with Crippen LogP contribution in [0.25, 0.3) is 0 Å². The van der Waals surface area contributed by atoms with Crippen LogP contribution in [0, 0.1) is 6.92 Å². The SMILES string of the molecule is COCCNC(=O)c1oc2c(c1C)/C(=N/NC(=O)COc1ccc(Cl)cc1Cl)CCC2. The van der Waals surface area contributed by atoms with Crippen molar-refractivity contribution in [1.82, 2.24) is 10.7 Å². The number of aryl methyl sites for hydroxylation is 1. The molecule has 8 nitrogen and oxygen atoms in total. The maximum absolute atomic E-state index is 12.4. The van der Waals surface area contributed by atoms with Crippen molar-refractivity contribution >= 4 is 40.7 Å². The molecule has 1 aromatic carbocycles. The first-order valence-electron chi connectivity index (χ1n) is 9.73. The van der Waals surface area contributed by atoms with Gasteiger partial charge in [0.25, 0.3) is 11.8 Å². The van der Waals surface area contributed by atoms with E-state index in [2.05, 4.69) is 15.8 Å². The third-order valence-electron chi connectivity index (χ3n) is 4.69. The fraction of sp³-hybridized carbons (Fsp3) is 0.381. The zero-order valence-corrected chi connectivity index (χ0v) is 18.7. The maximum atomic E-state index is 12.4. The van der Waals surface area contributed by atoms with Gasteiger partial charge in [0.2, 0.25) is 0 Å². The standard InChI is InChI=1S/C21H23Cl2N3O5/c1-12-19-15(4-3-5-17(19)31-20(12)21(28)24-8-9-29-2)25-26-18(27)11-30-16-7-6-13(22)10-14(16)23/h6-7,10H,3-5,8-9,11H2,1-2H3,(H,24,28)(H,26,27)/b25-15+. The Morgan fingerprint density at radius 2 is 2.06 bits per heavy atom. The van der Waals surface area contributed by atoms with E-state index in [0.717, 1.165) is 12.0 Å². The normalized spacial score (nSPS) is 14.3. The van der Waals surface area contributed by atoms with Gasteiger partial charge < -0.3 is 19.2 Å². The van der Waals surface area contributed by atoms with Crippen molar-refractivity contribution in [2.24, 2.45) is 5.10 Å². The smallest absolute Gasteiger partial charge is 0.287 e. The molecule has 0 saturated heterocycles. The highest BCUT2D eigenvalue weighted by molar-refractivity contribution is 6.35. The van der Waals surface area contributed by atoms with Crippen LogP contribution in [-0.2, 0) is 16.0 Å². The van der Waals surface area contributed by atoms with E-state index in [1.54, 1.807) is 19.2 Å². The number of carbonyl (C=O) groups excluding carboxylic acids is 2. The molecular formula is C21H23Cl2N3O5. The molecule has 2 amide bonds. The average Bonchev–Trinajstić information content (AvgIpc) is 3.09. The van der Waals surface area contributed by atoms with Gasteiger partial charge in [-0.2, -0.15) is 5.10 Å². The summed E-state index contributed by atoms with van der Waals surface area (Å²) in [5.41, 5.74) is 4.63. The van der Waals surface area contributed by atoms with Crippen LogP contribution < -0.4 is 15.5 Å². The molecule has 0 aliphatic heterocycles. The molecule has 2 N–H and O–H groups in total. The number of ether oxygens (including phenoxy) is 2. The van der Waals surface area contributed by atoms with E-state index in [-0.39, 0.29) is 18.3 Å². The maximum Gasteiger partial charge on any atom is 0.287 e. The highest BCUT2D eigenvalue weighted by Crippen LogP contribution is 2.30. The van der Waals surface area contributed by atoms with Gasteiger partial charge in [-0.25, -0.2) is 5.43 Å². The minimum absolute atomic E-state index is 0.253. The summed E-state index contributed by atoms with van der Waals surface area (Å²) in [6.45, 7) is 2.34. The first kappa shape index (κ1) is 23.1. The molecule has 0 unspecified atom stereocenters. The lowest BCUT2D eigenvalue weighted by Gasteiger charge is -2.13. The predicted octanol–water partition coefficient (Wildman–Crippen LogP) is 3.51. The van der Waals surface area contributed by atoms with Crippen LogP contribution in [0.5, 0.6) is 5.75 Å². The summed E-state index contributed by atoms with van der Waals surface area (Å²) in [5, 5.41) is 7.80.